The van der Waals surface area contributed by atoms with Gasteiger partial charge in [0.25, 0.3) is 5.91 Å². The Morgan fingerprint density at radius 1 is 1.00 bits per heavy atom. The molecule has 2 aliphatic heterocycles. The first-order chi connectivity index (χ1) is 29.8. The van der Waals surface area contributed by atoms with Gasteiger partial charge in [0, 0.05) is 23.8 Å². The summed E-state index contributed by atoms with van der Waals surface area (Å²) in [5, 5.41) is 8.50. The topological polar surface area (TPSA) is 211 Å². The maximum absolute atomic E-state index is 15.0. The number of aromatic nitrogens is 1. The number of amides is 5. The molecule has 16 nitrogen and oxygen atoms in total. The van der Waals surface area contributed by atoms with Crippen molar-refractivity contribution in [1.82, 2.24) is 30.6 Å². The van der Waals surface area contributed by atoms with E-state index in [0.717, 1.165) is 32.1 Å². The minimum atomic E-state index is -3.94. The molecule has 0 radical (unpaired) electrons. The lowest BCUT2D eigenvalue weighted by Crippen LogP contribution is -2.59. The number of nitrogens with one attached hydrogen (secondary N) is 4. The molecular weight excluding hydrogens is 817 g/mol. The molecule has 2 bridgehead atoms. The van der Waals surface area contributed by atoms with Crippen LogP contribution in [-0.2, 0) is 35.6 Å². The summed E-state index contributed by atoms with van der Waals surface area (Å²) in [5.41, 5.74) is -0.587. The van der Waals surface area contributed by atoms with Gasteiger partial charge in [-0.3, -0.25) is 19.1 Å². The highest BCUT2D eigenvalue weighted by Gasteiger charge is 2.62. The second kappa shape index (κ2) is 17.9. The van der Waals surface area contributed by atoms with Crippen molar-refractivity contribution >= 4 is 50.8 Å². The molecule has 17 heteroatoms. The summed E-state index contributed by atoms with van der Waals surface area (Å²) in [5.74, 6) is -2.21. The molecule has 334 valence electrons. The summed E-state index contributed by atoms with van der Waals surface area (Å²) in [6.45, 7) is 7.39. The van der Waals surface area contributed by atoms with E-state index in [9.17, 15) is 27.6 Å². The van der Waals surface area contributed by atoms with E-state index in [1.54, 1.807) is 6.07 Å². The van der Waals surface area contributed by atoms with Gasteiger partial charge in [0.05, 0.1) is 22.9 Å². The first-order valence-electron chi connectivity index (χ1n) is 22.3. The largest absolute Gasteiger partial charge is 0.472 e. The molecular formula is C45H58N6O10S. The van der Waals surface area contributed by atoms with E-state index in [-0.39, 0.29) is 61.4 Å². The molecule has 4 N–H and O–H groups in total. The van der Waals surface area contributed by atoms with E-state index in [0.29, 0.717) is 55.0 Å². The van der Waals surface area contributed by atoms with Gasteiger partial charge in [-0.25, -0.2) is 23.0 Å². The molecule has 0 spiro atoms. The average molecular weight is 875 g/mol. The number of para-hydroxylation sites is 1. The summed E-state index contributed by atoms with van der Waals surface area (Å²) in [7, 11) is -3.94. The van der Waals surface area contributed by atoms with E-state index in [1.807, 2.05) is 38.1 Å². The molecule has 1 saturated heterocycles. The van der Waals surface area contributed by atoms with Crippen LogP contribution < -0.4 is 30.1 Å². The lowest BCUT2D eigenvalue weighted by Gasteiger charge is -2.32. The van der Waals surface area contributed by atoms with Crippen LogP contribution >= 0.6 is 0 Å². The molecule has 4 saturated carbocycles. The Morgan fingerprint density at radius 3 is 2.48 bits per heavy atom. The summed E-state index contributed by atoms with van der Waals surface area (Å²) in [4.78, 5) is 76.6. The smallest absolute Gasteiger partial charge is 0.412 e. The van der Waals surface area contributed by atoms with Crippen molar-refractivity contribution in [3.8, 4) is 11.6 Å². The van der Waals surface area contributed by atoms with Crippen LogP contribution in [0.2, 0.25) is 0 Å². The van der Waals surface area contributed by atoms with Crippen LogP contribution in [0.3, 0.4) is 0 Å². The zero-order chi connectivity index (χ0) is 43.8. The van der Waals surface area contributed by atoms with Crippen LogP contribution in [0, 0.1) is 17.8 Å². The number of carbonyl (C=O) groups is 5. The van der Waals surface area contributed by atoms with Gasteiger partial charge < -0.3 is 35.1 Å². The third kappa shape index (κ3) is 9.27. The predicted octanol–water partition coefficient (Wildman–Crippen LogP) is 5.10. The molecule has 4 aliphatic carbocycles. The quantitative estimate of drug-likeness (QED) is 0.244. The van der Waals surface area contributed by atoms with E-state index < -0.39 is 74.8 Å². The minimum Gasteiger partial charge on any atom is -0.472 e. The van der Waals surface area contributed by atoms with Crippen molar-refractivity contribution in [2.24, 2.45) is 17.8 Å². The Labute approximate surface area is 362 Å². The van der Waals surface area contributed by atoms with Crippen molar-refractivity contribution in [3.05, 3.63) is 54.6 Å². The Morgan fingerprint density at radius 2 is 1.76 bits per heavy atom. The normalized spacial score (nSPS) is 29.3. The number of hydrogen-bond acceptors (Lipinski definition) is 11. The number of fused-ring (bicyclic) bond motifs is 5. The number of pyridine rings is 1. The minimum absolute atomic E-state index is 0.0339. The Balaban J connectivity index is 1.17. The third-order valence-corrected chi connectivity index (χ3v) is 15.1. The number of nitrogens with zero attached hydrogens (tertiary/aromatic N) is 2. The number of benzene rings is 1. The van der Waals surface area contributed by atoms with Gasteiger partial charge in [0.15, 0.2) is 5.75 Å². The van der Waals surface area contributed by atoms with Gasteiger partial charge in [-0.1, -0.05) is 43.2 Å². The number of ether oxygens (including phenoxy) is 3. The van der Waals surface area contributed by atoms with E-state index in [4.69, 9.17) is 19.2 Å². The van der Waals surface area contributed by atoms with Crippen LogP contribution in [0.25, 0.3) is 10.9 Å². The molecule has 1 aromatic heterocycles. The maximum Gasteiger partial charge on any atom is 0.412 e. The standard InChI is InChI=1S/C45H58N6O10S/c1-4-29-24-45(29,42(54)50-62(57,58)31-21-22-31)49-39(52)35-23-30-25-51(35)41(53)37(28-14-8-9-15-28)48-44(56)60-36-20-12-16-27(36)13-6-5-7-18-33-38(61-43(55)46-26(2)3)32-17-10-11-19-34(32)47-40(33)59-30/h4-5,7,10-11,17,19,26-31,35-37H,1,6,8-9,12-16,18,20-25H2,2-3H3,(H,46,55)(H,48,56)(H,49,52)(H,50,54)/t27-,29-,30-,35+,36-,37+,45-/m1/s1. The first kappa shape index (κ1) is 43.5. The fraction of sp³-hybridized carbons (Fsp3) is 0.600. The molecule has 2 aromatic rings. The lowest BCUT2D eigenvalue weighted by molar-refractivity contribution is -0.142. The second-order valence-electron chi connectivity index (χ2n) is 18.1. The monoisotopic (exact) mass is 874 g/mol. The van der Waals surface area contributed by atoms with Crippen molar-refractivity contribution in [2.45, 2.75) is 145 Å². The molecule has 3 heterocycles. The fourth-order valence-corrected chi connectivity index (χ4v) is 11.1. The van der Waals surface area contributed by atoms with Crippen molar-refractivity contribution < 1.29 is 46.6 Å². The van der Waals surface area contributed by atoms with Crippen LogP contribution in [0.15, 0.2) is 49.1 Å². The maximum atomic E-state index is 15.0. The predicted molar refractivity (Wildman–Crippen MR) is 228 cm³/mol. The third-order valence-electron chi connectivity index (χ3n) is 13.3. The van der Waals surface area contributed by atoms with Crippen LogP contribution in [-0.4, -0.2) is 95.9 Å². The number of sulfonamides is 1. The summed E-state index contributed by atoms with van der Waals surface area (Å²) < 4.78 is 46.8. The summed E-state index contributed by atoms with van der Waals surface area (Å²) in [6.07, 6.45) is 11.5. The number of allylic oxidation sites excluding steroid dienone is 2. The summed E-state index contributed by atoms with van der Waals surface area (Å²) in [6, 6.07) is 4.85. The molecule has 6 aliphatic rings. The highest BCUT2D eigenvalue weighted by molar-refractivity contribution is 7.91. The zero-order valence-electron chi connectivity index (χ0n) is 35.4. The number of carbonyl (C=O) groups excluding carboxylic acids is 5. The van der Waals surface area contributed by atoms with Crippen LogP contribution in [0.4, 0.5) is 9.59 Å². The van der Waals surface area contributed by atoms with Crippen LogP contribution in [0.1, 0.15) is 103 Å². The van der Waals surface area contributed by atoms with Crippen molar-refractivity contribution in [3.63, 3.8) is 0 Å². The number of alkyl carbamates (subject to hydrolysis) is 1. The molecule has 5 amide bonds. The zero-order valence-corrected chi connectivity index (χ0v) is 36.3. The van der Waals surface area contributed by atoms with Crippen molar-refractivity contribution in [2.75, 3.05) is 6.54 Å². The highest BCUT2D eigenvalue weighted by atomic mass is 32.2. The van der Waals surface area contributed by atoms with E-state index in [2.05, 4.69) is 33.3 Å². The summed E-state index contributed by atoms with van der Waals surface area (Å²) >= 11 is 0. The molecule has 0 unspecified atom stereocenters. The molecule has 5 fully saturated rings. The van der Waals surface area contributed by atoms with E-state index >= 15 is 4.79 Å². The SMILES string of the molecule is C=C[C@@H]1C[C@]1(NC(=O)[C@@H]1C[C@@H]2CN1C(=O)[C@H](C1CCCC1)NC(=O)O[C@@H]1CCC[C@H]1CCC=CCc1c(nc3ccccc3c1OC(=O)NC(C)C)O2)C(=O)NS(=O)(=O)C1CC1. The highest BCUT2D eigenvalue weighted by Crippen LogP contribution is 2.46. The van der Waals surface area contributed by atoms with Gasteiger partial charge in [0.1, 0.15) is 29.8 Å². The average Bonchev–Trinajstić information content (AvgIpc) is 4.02. The Bertz CT molecular complexity index is 2240. The van der Waals surface area contributed by atoms with Gasteiger partial charge in [-0.05, 0) is 108 Å². The van der Waals surface area contributed by atoms with Gasteiger partial charge in [0.2, 0.25) is 27.7 Å². The molecule has 7 atom stereocenters. The van der Waals surface area contributed by atoms with Gasteiger partial charge in [-0.2, -0.15) is 0 Å². The molecule has 62 heavy (non-hydrogen) atoms. The second-order valence-corrected chi connectivity index (χ2v) is 20.1. The van der Waals surface area contributed by atoms with Gasteiger partial charge >= 0.3 is 12.2 Å². The fourth-order valence-electron chi connectivity index (χ4n) is 9.77. The van der Waals surface area contributed by atoms with Gasteiger partial charge in [-0.15, -0.1) is 6.58 Å². The van der Waals surface area contributed by atoms with Crippen LogP contribution in [0.5, 0.6) is 11.6 Å². The lowest BCUT2D eigenvalue weighted by atomic mass is 9.96. The first-order valence-corrected chi connectivity index (χ1v) is 23.8. The Kier molecular flexibility index (Phi) is 12.5. The number of hydrogen-bond donors (Lipinski definition) is 4. The van der Waals surface area contributed by atoms with Crippen molar-refractivity contribution in [1.29, 1.82) is 0 Å². The Hall–Kier alpha value is -5.19. The number of rotatable bonds is 9. The molecule has 1 aromatic carbocycles. The molecule has 8 rings (SSSR count). The van der Waals surface area contributed by atoms with E-state index in [1.165, 1.54) is 11.0 Å².